The van der Waals surface area contributed by atoms with Crippen molar-refractivity contribution in [3.63, 3.8) is 0 Å². The molecule has 0 bridgehead atoms. The monoisotopic (exact) mass is 229 g/mol. The highest BCUT2D eigenvalue weighted by molar-refractivity contribution is 8.01. The third kappa shape index (κ3) is 3.64. The maximum atomic E-state index is 3.40. The Balaban J connectivity index is 2.34. The van der Waals surface area contributed by atoms with Crippen LogP contribution in [0.1, 0.15) is 20.3 Å². The Kier molecular flexibility index (Phi) is 5.60. The van der Waals surface area contributed by atoms with Crippen molar-refractivity contribution in [3.8, 4) is 0 Å². The summed E-state index contributed by atoms with van der Waals surface area (Å²) in [4.78, 5) is 0. The highest BCUT2D eigenvalue weighted by Gasteiger charge is 2.13. The second-order valence-corrected chi connectivity index (χ2v) is 5.79. The minimum atomic E-state index is 0.632. The molecule has 3 heteroatoms. The zero-order valence-corrected chi connectivity index (χ0v) is 10.8. The lowest BCUT2D eigenvalue weighted by molar-refractivity contribution is 0.421. The summed E-state index contributed by atoms with van der Waals surface area (Å²) in [7, 11) is 2.06. The Morgan fingerprint density at radius 2 is 2.36 bits per heavy atom. The molecule has 2 unspecified atom stereocenters. The number of thiophene rings is 1. The highest BCUT2D eigenvalue weighted by Crippen LogP contribution is 2.25. The lowest BCUT2D eigenvalue weighted by atomic mass is 10.0. The summed E-state index contributed by atoms with van der Waals surface area (Å²) >= 11 is 3.79. The maximum Gasteiger partial charge on any atom is 0.0599 e. The fourth-order valence-electron chi connectivity index (χ4n) is 1.33. The number of thioether (sulfide) groups is 1. The van der Waals surface area contributed by atoms with E-state index in [9.17, 15) is 0 Å². The first-order valence-corrected chi connectivity index (χ1v) is 6.98. The molecule has 0 radical (unpaired) electrons. The number of hydrogen-bond acceptors (Lipinski definition) is 3. The first kappa shape index (κ1) is 12.1. The van der Waals surface area contributed by atoms with Crippen LogP contribution in [0, 0.1) is 5.92 Å². The third-order valence-electron chi connectivity index (χ3n) is 2.60. The van der Waals surface area contributed by atoms with Gasteiger partial charge in [0.1, 0.15) is 0 Å². The molecule has 0 fully saturated rings. The normalized spacial score (nSPS) is 15.4. The molecule has 1 heterocycles. The van der Waals surface area contributed by atoms with Gasteiger partial charge in [0.15, 0.2) is 0 Å². The van der Waals surface area contributed by atoms with Crippen LogP contribution in [0.5, 0.6) is 0 Å². The molecule has 1 nitrogen and oxygen atoms in total. The Morgan fingerprint density at radius 3 is 2.86 bits per heavy atom. The van der Waals surface area contributed by atoms with Gasteiger partial charge in [-0.05, 0) is 24.4 Å². The Morgan fingerprint density at radius 1 is 1.57 bits per heavy atom. The van der Waals surface area contributed by atoms with Gasteiger partial charge in [-0.25, -0.2) is 0 Å². The van der Waals surface area contributed by atoms with E-state index in [4.69, 9.17) is 0 Å². The minimum Gasteiger partial charge on any atom is -0.316 e. The van der Waals surface area contributed by atoms with Crippen LogP contribution in [0.3, 0.4) is 0 Å². The molecule has 0 amide bonds. The highest BCUT2D eigenvalue weighted by atomic mass is 32.2. The van der Waals surface area contributed by atoms with Crippen molar-refractivity contribution in [2.45, 2.75) is 30.5 Å². The lowest BCUT2D eigenvalue weighted by Gasteiger charge is -2.21. The molecule has 1 aromatic heterocycles. The van der Waals surface area contributed by atoms with Crippen molar-refractivity contribution < 1.29 is 0 Å². The molecular weight excluding hydrogens is 210 g/mol. The topological polar surface area (TPSA) is 12.0 Å². The first-order chi connectivity index (χ1) is 6.77. The van der Waals surface area contributed by atoms with Crippen LogP contribution >= 0.6 is 23.1 Å². The van der Waals surface area contributed by atoms with E-state index >= 15 is 0 Å². The van der Waals surface area contributed by atoms with Crippen molar-refractivity contribution in [3.05, 3.63) is 17.5 Å². The zero-order chi connectivity index (χ0) is 10.4. The van der Waals surface area contributed by atoms with Gasteiger partial charge in [0.25, 0.3) is 0 Å². The van der Waals surface area contributed by atoms with Crippen molar-refractivity contribution >= 4 is 23.1 Å². The molecule has 0 aliphatic carbocycles. The van der Waals surface area contributed by atoms with E-state index in [2.05, 4.69) is 43.7 Å². The summed E-state index contributed by atoms with van der Waals surface area (Å²) in [5, 5.41) is 5.54. The van der Waals surface area contributed by atoms with Gasteiger partial charge in [0.05, 0.1) is 4.21 Å². The van der Waals surface area contributed by atoms with E-state index in [0.29, 0.717) is 6.04 Å². The summed E-state index contributed by atoms with van der Waals surface area (Å²) in [6, 6.07) is 4.94. The van der Waals surface area contributed by atoms with Crippen molar-refractivity contribution in [2.24, 2.45) is 5.92 Å². The molecule has 0 saturated carbocycles. The fraction of sp³-hybridized carbons (Fsp3) is 0.636. The Bertz CT molecular complexity index is 233. The summed E-state index contributed by atoms with van der Waals surface area (Å²) in [6.45, 7) is 4.57. The Labute approximate surface area is 95.3 Å². The molecule has 1 N–H and O–H groups in total. The molecule has 14 heavy (non-hydrogen) atoms. The van der Waals surface area contributed by atoms with Gasteiger partial charge in [-0.3, -0.25) is 0 Å². The fourth-order valence-corrected chi connectivity index (χ4v) is 3.44. The number of hydrogen-bond donors (Lipinski definition) is 1. The predicted molar refractivity (Wildman–Crippen MR) is 67.3 cm³/mol. The van der Waals surface area contributed by atoms with Crippen LogP contribution < -0.4 is 5.32 Å². The number of rotatable bonds is 6. The molecule has 0 aliphatic rings. The van der Waals surface area contributed by atoms with Crippen molar-refractivity contribution in [1.29, 1.82) is 0 Å². The van der Waals surface area contributed by atoms with E-state index in [1.807, 2.05) is 23.1 Å². The van der Waals surface area contributed by atoms with E-state index < -0.39 is 0 Å². The molecule has 0 saturated heterocycles. The zero-order valence-electron chi connectivity index (χ0n) is 9.12. The average molecular weight is 229 g/mol. The second kappa shape index (κ2) is 6.49. The first-order valence-electron chi connectivity index (χ1n) is 5.11. The average Bonchev–Trinajstić information content (AvgIpc) is 2.71. The van der Waals surface area contributed by atoms with Crippen LogP contribution in [0.15, 0.2) is 21.7 Å². The standard InChI is InChI=1S/C11H19NS2/c1-4-9(2)10(12-3)8-14-11-6-5-7-13-11/h5-7,9-10,12H,4,8H2,1-3H3. The summed E-state index contributed by atoms with van der Waals surface area (Å²) in [5.41, 5.74) is 0. The van der Waals surface area contributed by atoms with Crippen LogP contribution in [-0.2, 0) is 0 Å². The third-order valence-corrected chi connectivity index (χ3v) is 4.85. The Hall–Kier alpha value is 0.01000. The summed E-state index contributed by atoms with van der Waals surface area (Å²) in [6.07, 6.45) is 1.25. The van der Waals surface area contributed by atoms with Crippen molar-refractivity contribution in [2.75, 3.05) is 12.8 Å². The quantitative estimate of drug-likeness (QED) is 0.750. The predicted octanol–water partition coefficient (Wildman–Crippen LogP) is 3.47. The van der Waals surface area contributed by atoms with Crippen LogP contribution in [0.2, 0.25) is 0 Å². The van der Waals surface area contributed by atoms with Gasteiger partial charge in [-0.15, -0.1) is 23.1 Å². The van der Waals surface area contributed by atoms with Crippen LogP contribution in [-0.4, -0.2) is 18.8 Å². The SMILES string of the molecule is CCC(C)C(CSc1cccs1)NC. The van der Waals surface area contributed by atoms with Crippen LogP contribution in [0.25, 0.3) is 0 Å². The van der Waals surface area contributed by atoms with Crippen molar-refractivity contribution in [1.82, 2.24) is 5.32 Å². The smallest absolute Gasteiger partial charge is 0.0599 e. The minimum absolute atomic E-state index is 0.632. The molecular formula is C11H19NS2. The molecule has 0 spiro atoms. The molecule has 2 atom stereocenters. The number of nitrogens with one attached hydrogen (secondary N) is 1. The van der Waals surface area contributed by atoms with Gasteiger partial charge in [0, 0.05) is 11.8 Å². The van der Waals surface area contributed by atoms with E-state index in [-0.39, 0.29) is 0 Å². The van der Waals surface area contributed by atoms with E-state index in [1.54, 1.807) is 0 Å². The molecule has 1 rings (SSSR count). The van der Waals surface area contributed by atoms with Gasteiger partial charge in [0.2, 0.25) is 0 Å². The molecule has 0 aromatic carbocycles. The van der Waals surface area contributed by atoms with Gasteiger partial charge >= 0.3 is 0 Å². The van der Waals surface area contributed by atoms with Gasteiger partial charge in [-0.2, -0.15) is 0 Å². The molecule has 1 aromatic rings. The maximum absolute atomic E-state index is 3.40. The summed E-state index contributed by atoms with van der Waals surface area (Å²) < 4.78 is 1.42. The molecule has 0 aliphatic heterocycles. The largest absolute Gasteiger partial charge is 0.316 e. The second-order valence-electron chi connectivity index (χ2n) is 3.52. The van der Waals surface area contributed by atoms with E-state index in [1.165, 1.54) is 16.4 Å². The summed E-state index contributed by atoms with van der Waals surface area (Å²) in [5.74, 6) is 1.93. The lowest BCUT2D eigenvalue weighted by Crippen LogP contribution is -2.33. The molecule has 80 valence electrons. The van der Waals surface area contributed by atoms with Gasteiger partial charge < -0.3 is 5.32 Å². The van der Waals surface area contributed by atoms with Gasteiger partial charge in [-0.1, -0.05) is 26.3 Å². The van der Waals surface area contributed by atoms with Crippen LogP contribution in [0.4, 0.5) is 0 Å². The van der Waals surface area contributed by atoms with E-state index in [0.717, 1.165) is 5.92 Å².